The number of nitrogens with zero attached hydrogens (tertiary/aromatic N) is 1. The van der Waals surface area contributed by atoms with Gasteiger partial charge in [0.1, 0.15) is 0 Å². The van der Waals surface area contributed by atoms with Crippen LogP contribution in [0.15, 0.2) is 24.3 Å². The summed E-state index contributed by atoms with van der Waals surface area (Å²) in [6.07, 6.45) is 0. The first-order chi connectivity index (χ1) is 7.59. The second-order valence-electron chi connectivity index (χ2n) is 5.10. The minimum absolute atomic E-state index is 0.314. The van der Waals surface area contributed by atoms with Crippen LogP contribution in [-0.2, 0) is 4.74 Å². The molecule has 0 amide bonds. The smallest absolute Gasteiger partial charge is 0.0559 e. The largest absolute Gasteiger partial charge is 0.384 e. The van der Waals surface area contributed by atoms with E-state index in [1.165, 1.54) is 11.4 Å². The standard InChI is InChI=1S/C13H20N2O/c1-13(9-16-10-13)8-14-11-5-4-6-12(7-11)15(2)3/h4-7,14H,8-10H2,1-3H3. The molecule has 1 aromatic carbocycles. The third-order valence-electron chi connectivity index (χ3n) is 2.98. The fourth-order valence-electron chi connectivity index (χ4n) is 1.76. The molecule has 1 aromatic rings. The van der Waals surface area contributed by atoms with Crippen molar-refractivity contribution in [3.63, 3.8) is 0 Å². The fourth-order valence-corrected chi connectivity index (χ4v) is 1.76. The van der Waals surface area contributed by atoms with Crippen molar-refractivity contribution in [3.05, 3.63) is 24.3 Å². The second kappa shape index (κ2) is 4.34. The van der Waals surface area contributed by atoms with Crippen LogP contribution in [0.1, 0.15) is 6.92 Å². The van der Waals surface area contributed by atoms with Crippen LogP contribution in [0.4, 0.5) is 11.4 Å². The Balaban J connectivity index is 1.96. The van der Waals surface area contributed by atoms with Gasteiger partial charge >= 0.3 is 0 Å². The first-order valence-corrected chi connectivity index (χ1v) is 5.68. The molecule has 2 rings (SSSR count). The van der Waals surface area contributed by atoms with E-state index in [9.17, 15) is 0 Å². The molecular formula is C13H20N2O. The van der Waals surface area contributed by atoms with Gasteiger partial charge in [0.2, 0.25) is 0 Å². The molecule has 0 unspecified atom stereocenters. The lowest BCUT2D eigenvalue weighted by Crippen LogP contribution is -2.45. The zero-order valence-electron chi connectivity index (χ0n) is 10.3. The maximum Gasteiger partial charge on any atom is 0.0559 e. The van der Waals surface area contributed by atoms with Crippen molar-refractivity contribution in [2.24, 2.45) is 5.41 Å². The molecule has 1 aliphatic heterocycles. The average Bonchev–Trinajstić information content (AvgIpc) is 2.24. The number of hydrogen-bond acceptors (Lipinski definition) is 3. The van der Waals surface area contributed by atoms with Crippen molar-refractivity contribution in [3.8, 4) is 0 Å². The Kier molecular flexibility index (Phi) is 3.06. The van der Waals surface area contributed by atoms with Crippen LogP contribution in [0.3, 0.4) is 0 Å². The molecule has 0 aliphatic carbocycles. The van der Waals surface area contributed by atoms with Gasteiger partial charge in [-0.25, -0.2) is 0 Å². The summed E-state index contributed by atoms with van der Waals surface area (Å²) in [7, 11) is 4.11. The van der Waals surface area contributed by atoms with Gasteiger partial charge in [0, 0.05) is 37.4 Å². The number of anilines is 2. The predicted molar refractivity (Wildman–Crippen MR) is 68.2 cm³/mol. The van der Waals surface area contributed by atoms with E-state index in [-0.39, 0.29) is 0 Å². The number of rotatable bonds is 4. The van der Waals surface area contributed by atoms with Crippen LogP contribution in [0.25, 0.3) is 0 Å². The van der Waals surface area contributed by atoms with Gasteiger partial charge in [0.15, 0.2) is 0 Å². The van der Waals surface area contributed by atoms with Crippen LogP contribution in [-0.4, -0.2) is 33.9 Å². The Morgan fingerprint density at radius 3 is 2.69 bits per heavy atom. The van der Waals surface area contributed by atoms with Gasteiger partial charge in [-0.3, -0.25) is 0 Å². The van der Waals surface area contributed by atoms with E-state index in [4.69, 9.17) is 4.74 Å². The maximum absolute atomic E-state index is 5.24. The summed E-state index contributed by atoms with van der Waals surface area (Å²) in [5.41, 5.74) is 2.72. The summed E-state index contributed by atoms with van der Waals surface area (Å²) in [6.45, 7) is 4.96. The molecule has 16 heavy (non-hydrogen) atoms. The van der Waals surface area contributed by atoms with Crippen molar-refractivity contribution in [2.75, 3.05) is 44.1 Å². The SMILES string of the molecule is CN(C)c1cccc(NCC2(C)COC2)c1. The van der Waals surface area contributed by atoms with E-state index in [0.29, 0.717) is 5.41 Å². The second-order valence-corrected chi connectivity index (χ2v) is 5.10. The highest BCUT2D eigenvalue weighted by atomic mass is 16.5. The molecule has 1 N–H and O–H groups in total. The molecule has 1 fully saturated rings. The first-order valence-electron chi connectivity index (χ1n) is 5.68. The zero-order valence-corrected chi connectivity index (χ0v) is 10.3. The number of ether oxygens (including phenoxy) is 1. The number of nitrogens with one attached hydrogen (secondary N) is 1. The molecule has 0 bridgehead atoms. The highest BCUT2D eigenvalue weighted by Gasteiger charge is 2.32. The van der Waals surface area contributed by atoms with Crippen LogP contribution in [0.5, 0.6) is 0 Å². The lowest BCUT2D eigenvalue weighted by atomic mass is 9.89. The van der Waals surface area contributed by atoms with Gasteiger partial charge in [-0.15, -0.1) is 0 Å². The Labute approximate surface area is 97.4 Å². The summed E-state index contributed by atoms with van der Waals surface area (Å²) in [5, 5.41) is 3.48. The molecule has 0 spiro atoms. The van der Waals surface area contributed by atoms with E-state index < -0.39 is 0 Å². The normalized spacial score (nSPS) is 17.7. The highest BCUT2D eigenvalue weighted by molar-refractivity contribution is 5.57. The Hall–Kier alpha value is -1.22. The lowest BCUT2D eigenvalue weighted by molar-refractivity contribution is -0.0924. The van der Waals surface area contributed by atoms with Gasteiger partial charge in [-0.1, -0.05) is 13.0 Å². The summed E-state index contributed by atoms with van der Waals surface area (Å²) < 4.78 is 5.24. The summed E-state index contributed by atoms with van der Waals surface area (Å²) in [6, 6.07) is 8.47. The van der Waals surface area contributed by atoms with E-state index in [1.807, 2.05) is 0 Å². The van der Waals surface area contributed by atoms with Crippen molar-refractivity contribution >= 4 is 11.4 Å². The molecule has 88 valence electrons. The van der Waals surface area contributed by atoms with E-state index in [0.717, 1.165) is 19.8 Å². The number of benzene rings is 1. The molecule has 0 atom stereocenters. The molecule has 1 heterocycles. The van der Waals surface area contributed by atoms with Crippen LogP contribution >= 0.6 is 0 Å². The van der Waals surface area contributed by atoms with Gasteiger partial charge in [-0.2, -0.15) is 0 Å². The fraction of sp³-hybridized carbons (Fsp3) is 0.538. The molecule has 1 saturated heterocycles. The maximum atomic E-state index is 5.24. The van der Waals surface area contributed by atoms with Gasteiger partial charge < -0.3 is 15.0 Å². The van der Waals surface area contributed by atoms with E-state index in [1.54, 1.807) is 0 Å². The first kappa shape index (κ1) is 11.3. The molecule has 0 aromatic heterocycles. The summed E-state index contributed by atoms with van der Waals surface area (Å²) in [4.78, 5) is 2.11. The third kappa shape index (κ3) is 2.47. The monoisotopic (exact) mass is 220 g/mol. The van der Waals surface area contributed by atoms with Gasteiger partial charge in [0.05, 0.1) is 13.2 Å². The Bertz CT molecular complexity index is 359. The van der Waals surface area contributed by atoms with Gasteiger partial charge in [-0.05, 0) is 18.2 Å². The van der Waals surface area contributed by atoms with Crippen LogP contribution < -0.4 is 10.2 Å². The highest BCUT2D eigenvalue weighted by Crippen LogP contribution is 2.27. The van der Waals surface area contributed by atoms with E-state index in [2.05, 4.69) is 55.5 Å². The minimum Gasteiger partial charge on any atom is -0.384 e. The number of hydrogen-bond donors (Lipinski definition) is 1. The Morgan fingerprint density at radius 1 is 1.38 bits per heavy atom. The van der Waals surface area contributed by atoms with Crippen LogP contribution in [0, 0.1) is 5.41 Å². The molecular weight excluding hydrogens is 200 g/mol. The van der Waals surface area contributed by atoms with Crippen molar-refractivity contribution < 1.29 is 4.74 Å². The summed E-state index contributed by atoms with van der Waals surface area (Å²) >= 11 is 0. The average molecular weight is 220 g/mol. The Morgan fingerprint density at radius 2 is 2.12 bits per heavy atom. The minimum atomic E-state index is 0.314. The predicted octanol–water partition coefficient (Wildman–Crippen LogP) is 2.20. The van der Waals surface area contributed by atoms with Crippen LogP contribution in [0.2, 0.25) is 0 Å². The molecule has 3 heteroatoms. The lowest BCUT2D eigenvalue weighted by Gasteiger charge is -2.38. The zero-order chi connectivity index (χ0) is 11.6. The topological polar surface area (TPSA) is 24.5 Å². The van der Waals surface area contributed by atoms with Crippen molar-refractivity contribution in [1.29, 1.82) is 0 Å². The third-order valence-corrected chi connectivity index (χ3v) is 2.98. The van der Waals surface area contributed by atoms with E-state index >= 15 is 0 Å². The molecule has 3 nitrogen and oxygen atoms in total. The molecule has 0 saturated carbocycles. The molecule has 0 radical (unpaired) electrons. The summed E-state index contributed by atoms with van der Waals surface area (Å²) in [5.74, 6) is 0. The van der Waals surface area contributed by atoms with Gasteiger partial charge in [0.25, 0.3) is 0 Å². The van der Waals surface area contributed by atoms with Crippen molar-refractivity contribution in [2.45, 2.75) is 6.92 Å². The quantitative estimate of drug-likeness (QED) is 0.842. The molecule has 1 aliphatic rings. The van der Waals surface area contributed by atoms with Crippen molar-refractivity contribution in [1.82, 2.24) is 0 Å².